The van der Waals surface area contributed by atoms with Gasteiger partial charge in [0.1, 0.15) is 0 Å². The van der Waals surface area contributed by atoms with Crippen molar-refractivity contribution in [2.24, 2.45) is 0 Å². The van der Waals surface area contributed by atoms with Crippen LogP contribution in [0.1, 0.15) is 20.8 Å². The maximum absolute atomic E-state index is 5.24. The summed E-state index contributed by atoms with van der Waals surface area (Å²) >= 11 is 0. The van der Waals surface area contributed by atoms with Gasteiger partial charge in [0.05, 0.1) is 18.1 Å². The van der Waals surface area contributed by atoms with Gasteiger partial charge in [-0.05, 0) is 6.92 Å². The summed E-state index contributed by atoms with van der Waals surface area (Å²) in [5.74, 6) is 2.16. The van der Waals surface area contributed by atoms with Crippen LogP contribution in [-0.4, -0.2) is 13.4 Å². The van der Waals surface area contributed by atoms with Gasteiger partial charge in [0.2, 0.25) is 6.79 Å². The van der Waals surface area contributed by atoms with Gasteiger partial charge in [-0.25, -0.2) is 0 Å². The number of benzene rings is 1. The van der Waals surface area contributed by atoms with Gasteiger partial charge in [-0.1, -0.05) is 19.9 Å². The molecule has 0 fully saturated rings. The molecule has 1 aromatic rings. The topological polar surface area (TPSA) is 27.7 Å². The molecule has 4 heteroatoms. The van der Waals surface area contributed by atoms with Crippen LogP contribution in [0.2, 0.25) is 0 Å². The van der Waals surface area contributed by atoms with Crippen LogP contribution in [0.3, 0.4) is 0 Å². The van der Waals surface area contributed by atoms with Crippen molar-refractivity contribution >= 4 is 0 Å². The molecule has 0 aromatic heterocycles. The normalized spacial score (nSPS) is 10.2. The molecule has 0 aliphatic carbocycles. The number of hydrogen-bond acceptors (Lipinski definition) is 3. The van der Waals surface area contributed by atoms with Crippen molar-refractivity contribution in [2.45, 2.75) is 20.8 Å². The van der Waals surface area contributed by atoms with Gasteiger partial charge >= 0.3 is 51.4 Å². The molecule has 86 valence electrons. The molecular weight excluding hydrogens is 231 g/mol. The molecule has 1 aromatic carbocycles. The molecular formula is C12H18KO3-. The summed E-state index contributed by atoms with van der Waals surface area (Å²) in [6.45, 7) is 6.85. The second-order valence-electron chi connectivity index (χ2n) is 2.37. The molecule has 1 heterocycles. The Balaban J connectivity index is 0. The van der Waals surface area contributed by atoms with Crippen LogP contribution in [0.15, 0.2) is 12.1 Å². The Morgan fingerprint density at radius 3 is 2.56 bits per heavy atom. The van der Waals surface area contributed by atoms with Crippen molar-refractivity contribution in [1.29, 1.82) is 0 Å². The van der Waals surface area contributed by atoms with E-state index in [4.69, 9.17) is 14.2 Å². The van der Waals surface area contributed by atoms with E-state index in [2.05, 4.69) is 6.07 Å². The van der Waals surface area contributed by atoms with Gasteiger partial charge in [0.15, 0.2) is 0 Å². The second-order valence-corrected chi connectivity index (χ2v) is 2.37. The summed E-state index contributed by atoms with van der Waals surface area (Å²) in [6, 6.07) is 6.46. The molecule has 0 atom stereocenters. The first-order valence-electron chi connectivity index (χ1n) is 4.84. The predicted molar refractivity (Wildman–Crippen MR) is 60.3 cm³/mol. The zero-order valence-electron chi connectivity index (χ0n) is 10.8. The summed E-state index contributed by atoms with van der Waals surface area (Å²) in [7, 11) is 0. The number of fused-ring (bicyclic) bond motifs is 1. The first-order chi connectivity index (χ1) is 6.90. The van der Waals surface area contributed by atoms with Gasteiger partial charge in [-0.2, -0.15) is 0 Å². The number of rotatable bonds is 2. The van der Waals surface area contributed by atoms with E-state index >= 15 is 0 Å². The summed E-state index contributed by atoms with van der Waals surface area (Å²) in [4.78, 5) is 0. The van der Waals surface area contributed by atoms with Gasteiger partial charge in [0, 0.05) is 5.75 Å². The van der Waals surface area contributed by atoms with Gasteiger partial charge in [-0.15, -0.1) is 12.1 Å². The van der Waals surface area contributed by atoms with E-state index in [1.165, 1.54) is 0 Å². The second kappa shape index (κ2) is 10.4. The molecule has 0 unspecified atom stereocenters. The Bertz CT molecular complexity index is 290. The van der Waals surface area contributed by atoms with E-state index in [0.717, 1.165) is 11.5 Å². The van der Waals surface area contributed by atoms with Crippen LogP contribution in [0.4, 0.5) is 0 Å². The third-order valence-corrected chi connectivity index (χ3v) is 1.58. The SMILES string of the molecule is CC.CCOc1[c-]cc2c(c1)OCO2.[CH3-].[K+]. The van der Waals surface area contributed by atoms with Crippen molar-refractivity contribution in [1.82, 2.24) is 0 Å². The summed E-state index contributed by atoms with van der Waals surface area (Å²) in [5, 5.41) is 0. The molecule has 0 amide bonds. The van der Waals surface area contributed by atoms with Crippen LogP contribution in [0, 0.1) is 13.5 Å². The monoisotopic (exact) mass is 249 g/mol. The van der Waals surface area contributed by atoms with Gasteiger partial charge in [-0.3, -0.25) is 0 Å². The molecule has 3 nitrogen and oxygen atoms in total. The Hall–Kier alpha value is 0.256. The Morgan fingerprint density at radius 1 is 1.31 bits per heavy atom. The maximum atomic E-state index is 5.24. The van der Waals surface area contributed by atoms with Gasteiger partial charge < -0.3 is 21.6 Å². The zero-order chi connectivity index (χ0) is 10.4. The number of ether oxygens (including phenoxy) is 3. The molecule has 0 bridgehead atoms. The average molecular weight is 249 g/mol. The molecule has 0 saturated heterocycles. The van der Waals surface area contributed by atoms with Crippen LogP contribution in [0.25, 0.3) is 0 Å². The summed E-state index contributed by atoms with van der Waals surface area (Å²) in [5.41, 5.74) is 0. The number of hydrogen-bond donors (Lipinski definition) is 0. The molecule has 0 spiro atoms. The fourth-order valence-electron chi connectivity index (χ4n) is 1.06. The zero-order valence-corrected chi connectivity index (χ0v) is 13.9. The van der Waals surface area contributed by atoms with E-state index in [-0.39, 0.29) is 58.8 Å². The minimum atomic E-state index is 0. The molecule has 16 heavy (non-hydrogen) atoms. The molecule has 2 rings (SSSR count). The third-order valence-electron chi connectivity index (χ3n) is 1.58. The summed E-state index contributed by atoms with van der Waals surface area (Å²) in [6.07, 6.45) is 0. The quantitative estimate of drug-likeness (QED) is 0.549. The van der Waals surface area contributed by atoms with Crippen LogP contribution in [-0.2, 0) is 0 Å². The fourth-order valence-corrected chi connectivity index (χ4v) is 1.06. The van der Waals surface area contributed by atoms with E-state index in [1.807, 2.05) is 20.8 Å². The Morgan fingerprint density at radius 2 is 1.94 bits per heavy atom. The minimum Gasteiger partial charge on any atom is -0.520 e. The third kappa shape index (κ3) is 5.06. The standard InChI is InChI=1S/C9H9O3.C2H6.CH3.K/c1-2-10-7-3-4-8-9(5-7)12-6-11-8;1-2;;/h4-5H,2,6H2,1H3;1-2H3;1H3;/q-1;;-1;+1. The minimum absolute atomic E-state index is 0. The molecule has 1 aliphatic rings. The maximum Gasteiger partial charge on any atom is 1.00 e. The largest absolute Gasteiger partial charge is 1.00 e. The van der Waals surface area contributed by atoms with E-state index in [9.17, 15) is 0 Å². The van der Waals surface area contributed by atoms with Crippen LogP contribution in [0.5, 0.6) is 17.2 Å². The Kier molecular flexibility index (Phi) is 12.1. The van der Waals surface area contributed by atoms with Crippen molar-refractivity contribution < 1.29 is 65.6 Å². The fraction of sp³-hybridized carbons (Fsp3) is 0.417. The van der Waals surface area contributed by atoms with E-state index in [1.54, 1.807) is 12.1 Å². The van der Waals surface area contributed by atoms with E-state index < -0.39 is 0 Å². The van der Waals surface area contributed by atoms with Crippen molar-refractivity contribution in [3.05, 3.63) is 25.6 Å². The molecule has 0 saturated carbocycles. The van der Waals surface area contributed by atoms with Gasteiger partial charge in [0.25, 0.3) is 0 Å². The molecule has 0 radical (unpaired) electrons. The summed E-state index contributed by atoms with van der Waals surface area (Å²) < 4.78 is 15.5. The first kappa shape index (κ1) is 18.6. The smallest absolute Gasteiger partial charge is 0.520 e. The van der Waals surface area contributed by atoms with Crippen LogP contribution < -0.4 is 65.6 Å². The Labute approximate surface area is 141 Å². The predicted octanol–water partition coefficient (Wildman–Crippen LogP) is 0.0947. The van der Waals surface area contributed by atoms with Crippen molar-refractivity contribution in [3.63, 3.8) is 0 Å². The van der Waals surface area contributed by atoms with Crippen molar-refractivity contribution in [3.8, 4) is 17.2 Å². The average Bonchev–Trinajstić information content (AvgIpc) is 2.68. The molecule has 0 N–H and O–H groups in total. The first-order valence-corrected chi connectivity index (χ1v) is 4.84. The van der Waals surface area contributed by atoms with Crippen LogP contribution >= 0.6 is 0 Å². The van der Waals surface area contributed by atoms with Crippen molar-refractivity contribution in [2.75, 3.05) is 13.4 Å². The molecule has 1 aliphatic heterocycles. The van der Waals surface area contributed by atoms with E-state index in [0.29, 0.717) is 19.1 Å².